The number of aromatic amines is 1. The molecule has 1 aromatic carbocycles. The van der Waals surface area contributed by atoms with Crippen LogP contribution in [0.2, 0.25) is 0 Å². The van der Waals surface area contributed by atoms with Crippen molar-refractivity contribution in [3.05, 3.63) is 36.0 Å². The molecule has 0 radical (unpaired) electrons. The zero-order valence-corrected chi connectivity index (χ0v) is 9.32. The number of esters is 1. The lowest BCUT2D eigenvalue weighted by molar-refractivity contribution is -0.134. The number of H-pyrrole nitrogens is 1. The van der Waals surface area contributed by atoms with Gasteiger partial charge in [0, 0.05) is 34.3 Å². The van der Waals surface area contributed by atoms with E-state index in [0.717, 1.165) is 27.8 Å². The van der Waals surface area contributed by atoms with E-state index >= 15 is 0 Å². The molecule has 0 bridgehead atoms. The van der Waals surface area contributed by atoms with Crippen molar-refractivity contribution in [3.63, 3.8) is 0 Å². The normalized spacial score (nSPS) is 14.9. The number of ether oxygens (including phenoxy) is 2. The highest BCUT2D eigenvalue weighted by atomic mass is 16.5. The van der Waals surface area contributed by atoms with Gasteiger partial charge in [-0.3, -0.25) is 0 Å². The smallest absolute Gasteiger partial charge is 0.331 e. The van der Waals surface area contributed by atoms with E-state index in [4.69, 9.17) is 9.47 Å². The van der Waals surface area contributed by atoms with Gasteiger partial charge in [0.1, 0.15) is 12.4 Å². The zero-order chi connectivity index (χ0) is 11.8. The molecule has 1 aliphatic heterocycles. The number of nitrogens with one attached hydrogen (secondary N) is 1. The maximum Gasteiger partial charge on any atom is 0.331 e. The van der Waals surface area contributed by atoms with Gasteiger partial charge in [-0.2, -0.15) is 0 Å². The first-order chi connectivity index (χ1) is 8.28. The molecule has 0 fully saturated rings. The second kappa shape index (κ2) is 3.66. The van der Waals surface area contributed by atoms with Crippen LogP contribution in [0.15, 0.2) is 30.5 Å². The molecule has 0 spiro atoms. The van der Waals surface area contributed by atoms with Crippen LogP contribution in [0, 0.1) is 0 Å². The van der Waals surface area contributed by atoms with Crippen LogP contribution < -0.4 is 4.74 Å². The van der Waals surface area contributed by atoms with Gasteiger partial charge in [-0.25, -0.2) is 4.79 Å². The van der Waals surface area contributed by atoms with Crippen LogP contribution in [0.25, 0.3) is 16.5 Å². The summed E-state index contributed by atoms with van der Waals surface area (Å²) in [7, 11) is 1.63. The highest BCUT2D eigenvalue weighted by molar-refractivity contribution is 6.02. The van der Waals surface area contributed by atoms with Crippen molar-refractivity contribution in [1.82, 2.24) is 4.98 Å². The number of aromatic nitrogens is 1. The minimum Gasteiger partial charge on any atom is -0.497 e. The van der Waals surface area contributed by atoms with Crippen molar-refractivity contribution in [1.29, 1.82) is 0 Å². The van der Waals surface area contributed by atoms with E-state index in [-0.39, 0.29) is 5.97 Å². The average molecular weight is 229 g/mol. The molecule has 2 aromatic rings. The Kier molecular flexibility index (Phi) is 2.14. The van der Waals surface area contributed by atoms with Gasteiger partial charge in [0.25, 0.3) is 0 Å². The number of carbonyl (C=O) groups excluding carboxylic acids is 1. The van der Waals surface area contributed by atoms with Crippen LogP contribution in [-0.4, -0.2) is 24.7 Å². The van der Waals surface area contributed by atoms with Crippen molar-refractivity contribution >= 4 is 22.4 Å². The van der Waals surface area contributed by atoms with Gasteiger partial charge < -0.3 is 14.5 Å². The van der Waals surface area contributed by atoms with Crippen LogP contribution in [0.4, 0.5) is 0 Å². The molecule has 0 saturated carbocycles. The predicted molar refractivity (Wildman–Crippen MR) is 63.8 cm³/mol. The predicted octanol–water partition coefficient (Wildman–Crippen LogP) is 2.12. The summed E-state index contributed by atoms with van der Waals surface area (Å²) in [6.45, 7) is 0.336. The van der Waals surface area contributed by atoms with Crippen molar-refractivity contribution in [2.24, 2.45) is 0 Å². The maximum atomic E-state index is 11.1. The summed E-state index contributed by atoms with van der Waals surface area (Å²) in [4.78, 5) is 14.2. The number of carbonyl (C=O) groups is 1. The molecule has 3 rings (SSSR count). The van der Waals surface area contributed by atoms with Crippen LogP contribution >= 0.6 is 0 Å². The molecule has 2 heterocycles. The second-order valence-electron chi connectivity index (χ2n) is 3.89. The monoisotopic (exact) mass is 229 g/mol. The van der Waals surface area contributed by atoms with Crippen molar-refractivity contribution in [2.75, 3.05) is 13.7 Å². The minimum atomic E-state index is -0.280. The Morgan fingerprint density at radius 1 is 1.41 bits per heavy atom. The van der Waals surface area contributed by atoms with E-state index < -0.39 is 0 Å². The van der Waals surface area contributed by atoms with Gasteiger partial charge in [0.05, 0.1) is 7.11 Å². The Balaban J connectivity index is 2.16. The molecule has 4 nitrogen and oxygen atoms in total. The van der Waals surface area contributed by atoms with Crippen LogP contribution in [-0.2, 0) is 9.53 Å². The number of cyclic esters (lactones) is 1. The third kappa shape index (κ3) is 1.58. The lowest BCUT2D eigenvalue weighted by Crippen LogP contribution is -1.91. The summed E-state index contributed by atoms with van der Waals surface area (Å²) in [6, 6.07) is 5.80. The third-order valence-electron chi connectivity index (χ3n) is 2.90. The molecule has 4 heteroatoms. The lowest BCUT2D eigenvalue weighted by atomic mass is 10.1. The van der Waals surface area contributed by atoms with E-state index in [1.807, 2.05) is 24.4 Å². The molecule has 1 aliphatic rings. The van der Waals surface area contributed by atoms with Gasteiger partial charge in [-0.05, 0) is 18.2 Å². The van der Waals surface area contributed by atoms with Gasteiger partial charge in [0.2, 0.25) is 0 Å². The Hall–Kier alpha value is -2.23. The highest BCUT2D eigenvalue weighted by Crippen LogP contribution is 2.30. The Labute approximate surface area is 97.8 Å². The molecule has 0 amide bonds. The van der Waals surface area contributed by atoms with Crippen LogP contribution in [0.5, 0.6) is 5.75 Å². The van der Waals surface area contributed by atoms with Crippen LogP contribution in [0.3, 0.4) is 0 Å². The Morgan fingerprint density at radius 3 is 3.00 bits per heavy atom. The topological polar surface area (TPSA) is 51.3 Å². The van der Waals surface area contributed by atoms with Crippen molar-refractivity contribution < 1.29 is 14.3 Å². The summed E-state index contributed by atoms with van der Waals surface area (Å²) in [6.07, 6.45) is 3.42. The summed E-state index contributed by atoms with van der Waals surface area (Å²) in [5.74, 6) is 0.515. The van der Waals surface area contributed by atoms with E-state index in [1.165, 1.54) is 6.08 Å². The SMILES string of the molecule is COc1ccc2[nH]cc(C3=CC(=O)OC3)c2c1. The van der Waals surface area contributed by atoms with E-state index in [1.54, 1.807) is 7.11 Å². The zero-order valence-electron chi connectivity index (χ0n) is 9.32. The third-order valence-corrected chi connectivity index (χ3v) is 2.90. The number of hydrogen-bond acceptors (Lipinski definition) is 3. The van der Waals surface area contributed by atoms with E-state index in [2.05, 4.69) is 4.98 Å². The fourth-order valence-electron chi connectivity index (χ4n) is 2.02. The quantitative estimate of drug-likeness (QED) is 0.802. The van der Waals surface area contributed by atoms with Gasteiger partial charge in [0.15, 0.2) is 0 Å². The Bertz CT molecular complexity index is 625. The summed E-state index contributed by atoms with van der Waals surface area (Å²) in [5, 5.41) is 1.04. The standard InChI is InChI=1S/C13H11NO3/c1-16-9-2-3-12-10(5-9)11(6-14-12)8-4-13(15)17-7-8/h2-6,14H,7H2,1H3. The molecule has 1 N–H and O–H groups in total. The summed E-state index contributed by atoms with van der Waals surface area (Å²) >= 11 is 0. The molecule has 0 saturated heterocycles. The molecular formula is C13H11NO3. The first kappa shape index (κ1) is 9.96. The number of methoxy groups -OCH3 is 1. The molecule has 0 atom stereocenters. The molecule has 86 valence electrons. The van der Waals surface area contributed by atoms with Gasteiger partial charge >= 0.3 is 5.97 Å². The maximum absolute atomic E-state index is 11.1. The Morgan fingerprint density at radius 2 is 2.29 bits per heavy atom. The van der Waals surface area contributed by atoms with Crippen molar-refractivity contribution in [3.8, 4) is 5.75 Å². The average Bonchev–Trinajstić information content (AvgIpc) is 2.93. The number of fused-ring (bicyclic) bond motifs is 1. The molecule has 0 aliphatic carbocycles. The number of benzene rings is 1. The largest absolute Gasteiger partial charge is 0.497 e. The highest BCUT2D eigenvalue weighted by Gasteiger charge is 2.17. The van der Waals surface area contributed by atoms with Crippen LogP contribution in [0.1, 0.15) is 5.56 Å². The molecular weight excluding hydrogens is 218 g/mol. The van der Waals surface area contributed by atoms with E-state index in [0.29, 0.717) is 6.61 Å². The fraction of sp³-hybridized carbons (Fsp3) is 0.154. The molecule has 17 heavy (non-hydrogen) atoms. The second-order valence-corrected chi connectivity index (χ2v) is 3.89. The number of hydrogen-bond donors (Lipinski definition) is 1. The van der Waals surface area contributed by atoms with Crippen molar-refractivity contribution in [2.45, 2.75) is 0 Å². The summed E-state index contributed by atoms with van der Waals surface area (Å²) < 4.78 is 10.1. The first-order valence-corrected chi connectivity index (χ1v) is 5.31. The molecule has 0 unspecified atom stereocenters. The van der Waals surface area contributed by atoms with Gasteiger partial charge in [-0.1, -0.05) is 0 Å². The minimum absolute atomic E-state index is 0.280. The number of rotatable bonds is 2. The first-order valence-electron chi connectivity index (χ1n) is 5.31. The lowest BCUT2D eigenvalue weighted by Gasteiger charge is -2.01. The van der Waals surface area contributed by atoms with Gasteiger partial charge in [-0.15, -0.1) is 0 Å². The van der Waals surface area contributed by atoms with E-state index in [9.17, 15) is 4.79 Å². The summed E-state index contributed by atoms with van der Waals surface area (Å²) in [5.41, 5.74) is 2.90. The molecule has 1 aromatic heterocycles. The fourth-order valence-corrected chi connectivity index (χ4v) is 2.02.